The fourth-order valence-corrected chi connectivity index (χ4v) is 3.91. The summed E-state index contributed by atoms with van der Waals surface area (Å²) in [5, 5.41) is 0.848. The second kappa shape index (κ2) is 10.0. The van der Waals surface area contributed by atoms with Crippen LogP contribution in [0.1, 0.15) is 17.3 Å². The molecule has 154 valence electrons. The first-order chi connectivity index (χ1) is 14.6. The van der Waals surface area contributed by atoms with Crippen molar-refractivity contribution in [3.8, 4) is 26.6 Å². The summed E-state index contributed by atoms with van der Waals surface area (Å²) in [7, 11) is 3.25. The third kappa shape index (κ3) is 4.84. The van der Waals surface area contributed by atoms with Gasteiger partial charge in [0.1, 0.15) is 17.6 Å². The second-order valence-corrected chi connectivity index (χ2v) is 7.41. The van der Waals surface area contributed by atoms with Crippen molar-refractivity contribution in [1.82, 2.24) is 0 Å². The number of benzene rings is 2. The van der Waals surface area contributed by atoms with Crippen molar-refractivity contribution < 1.29 is 18.7 Å². The van der Waals surface area contributed by atoms with Gasteiger partial charge in [-0.1, -0.05) is 18.2 Å². The Morgan fingerprint density at radius 2 is 1.77 bits per heavy atom. The number of carbonyl (C=O) groups excluding carboxylic acids is 1. The van der Waals surface area contributed by atoms with E-state index in [0.717, 1.165) is 39.2 Å². The summed E-state index contributed by atoms with van der Waals surface area (Å²) in [6.45, 7) is 2.78. The highest BCUT2D eigenvalue weighted by molar-refractivity contribution is 7.18. The summed E-state index contributed by atoms with van der Waals surface area (Å²) >= 11 is 1.56. The third-order valence-corrected chi connectivity index (χ3v) is 5.59. The molecule has 6 heteroatoms. The lowest BCUT2D eigenvalue weighted by molar-refractivity contribution is 0.112. The average Bonchev–Trinajstić information content (AvgIpc) is 3.28. The Labute approximate surface area is 178 Å². The minimum absolute atomic E-state index is 0.404. The lowest BCUT2D eigenvalue weighted by Crippen LogP contribution is -1.97. The maximum atomic E-state index is 12.0. The number of hydrogen-bond acceptors (Lipinski definition) is 6. The van der Waals surface area contributed by atoms with E-state index in [9.17, 15) is 9.59 Å². The van der Waals surface area contributed by atoms with Gasteiger partial charge in [-0.2, -0.15) is 0 Å². The molecule has 2 aromatic heterocycles. The average molecular weight is 423 g/mol. The predicted molar refractivity (Wildman–Crippen MR) is 121 cm³/mol. The summed E-state index contributed by atoms with van der Waals surface area (Å²) < 4.78 is 15.1. The van der Waals surface area contributed by atoms with Crippen molar-refractivity contribution in [2.45, 2.75) is 6.92 Å². The first-order valence-electron chi connectivity index (χ1n) is 9.36. The minimum Gasteiger partial charge on any atom is -0.497 e. The number of ether oxygens (including phenoxy) is 2. The van der Waals surface area contributed by atoms with Gasteiger partial charge in [0.25, 0.3) is 0 Å². The van der Waals surface area contributed by atoms with Crippen LogP contribution in [0.25, 0.3) is 31.9 Å². The van der Waals surface area contributed by atoms with Crippen molar-refractivity contribution in [3.05, 3.63) is 76.6 Å². The number of aldehydes is 1. The molecule has 0 amide bonds. The fourth-order valence-electron chi connectivity index (χ4n) is 2.88. The molecule has 0 atom stereocenters. The maximum Gasteiger partial charge on any atom is 0.336 e. The van der Waals surface area contributed by atoms with Crippen LogP contribution in [-0.4, -0.2) is 27.1 Å². The van der Waals surface area contributed by atoms with Crippen molar-refractivity contribution in [2.24, 2.45) is 0 Å². The van der Waals surface area contributed by atoms with E-state index in [1.54, 1.807) is 37.7 Å². The Morgan fingerprint density at radius 3 is 2.47 bits per heavy atom. The maximum absolute atomic E-state index is 12.0. The van der Waals surface area contributed by atoms with Crippen molar-refractivity contribution in [2.75, 3.05) is 20.8 Å². The highest BCUT2D eigenvalue weighted by Gasteiger charge is 2.12. The molecule has 0 aliphatic carbocycles. The van der Waals surface area contributed by atoms with Gasteiger partial charge in [0, 0.05) is 52.1 Å². The van der Waals surface area contributed by atoms with Gasteiger partial charge in [0.05, 0.1) is 7.11 Å². The zero-order chi connectivity index (χ0) is 21.5. The number of thiophene rings is 1. The van der Waals surface area contributed by atoms with E-state index in [0.29, 0.717) is 16.9 Å². The first-order valence-corrected chi connectivity index (χ1v) is 10.2. The van der Waals surface area contributed by atoms with E-state index in [1.165, 1.54) is 6.07 Å². The molecular weight excluding hydrogens is 400 g/mol. The molecule has 0 aliphatic heterocycles. The van der Waals surface area contributed by atoms with Gasteiger partial charge >= 0.3 is 5.63 Å². The van der Waals surface area contributed by atoms with E-state index in [4.69, 9.17) is 9.15 Å². The molecular formula is C24H22O5S. The predicted octanol–water partition coefficient (Wildman–Crippen LogP) is 5.66. The minimum atomic E-state index is -0.404. The molecule has 0 spiro atoms. The molecule has 4 aromatic rings. The molecule has 0 radical (unpaired) electrons. The lowest BCUT2D eigenvalue weighted by Gasteiger charge is -2.05. The Bertz CT molecular complexity index is 1200. The molecule has 0 saturated heterocycles. The van der Waals surface area contributed by atoms with Gasteiger partial charge in [-0.3, -0.25) is 4.79 Å². The smallest absolute Gasteiger partial charge is 0.336 e. The van der Waals surface area contributed by atoms with Gasteiger partial charge < -0.3 is 13.9 Å². The van der Waals surface area contributed by atoms with Gasteiger partial charge in [-0.15, -0.1) is 11.3 Å². The lowest BCUT2D eigenvalue weighted by atomic mass is 10.1. The topological polar surface area (TPSA) is 65.7 Å². The molecule has 0 bridgehead atoms. The molecule has 2 heterocycles. The zero-order valence-electron chi connectivity index (χ0n) is 17.0. The molecule has 4 rings (SSSR count). The zero-order valence-corrected chi connectivity index (χ0v) is 17.8. The fraction of sp³-hybridized carbons (Fsp3) is 0.167. The van der Waals surface area contributed by atoms with Crippen LogP contribution in [0, 0.1) is 0 Å². The quantitative estimate of drug-likeness (QED) is 0.307. The Hall–Kier alpha value is -3.22. The SMILES string of the molecule is CCOC.COc1ccc2c(-c3ccc(-c4cccc(C=O)c4)s3)cc(=O)oc2c1. The molecule has 0 fully saturated rings. The largest absolute Gasteiger partial charge is 0.497 e. The van der Waals surface area contributed by atoms with Crippen LogP contribution in [0.15, 0.2) is 69.9 Å². The second-order valence-electron chi connectivity index (χ2n) is 6.33. The van der Waals surface area contributed by atoms with Crippen molar-refractivity contribution >= 4 is 28.6 Å². The van der Waals surface area contributed by atoms with Crippen molar-refractivity contribution in [1.29, 1.82) is 0 Å². The number of hydrogen-bond donors (Lipinski definition) is 0. The molecule has 5 nitrogen and oxygen atoms in total. The van der Waals surface area contributed by atoms with Crippen molar-refractivity contribution in [3.63, 3.8) is 0 Å². The summed E-state index contributed by atoms with van der Waals surface area (Å²) in [5.74, 6) is 0.635. The molecule has 0 saturated carbocycles. The normalized spacial score (nSPS) is 10.4. The van der Waals surface area contributed by atoms with Gasteiger partial charge in [0.15, 0.2) is 0 Å². The van der Waals surface area contributed by atoms with E-state index >= 15 is 0 Å². The van der Waals surface area contributed by atoms with Crippen LogP contribution in [0.3, 0.4) is 0 Å². The number of methoxy groups -OCH3 is 2. The van der Waals surface area contributed by atoms with E-state index in [1.807, 2.05) is 49.4 Å². The first kappa shape index (κ1) is 21.5. The number of rotatable bonds is 5. The van der Waals surface area contributed by atoms with E-state index < -0.39 is 5.63 Å². The molecule has 30 heavy (non-hydrogen) atoms. The highest BCUT2D eigenvalue weighted by Crippen LogP contribution is 2.37. The van der Waals surface area contributed by atoms with Gasteiger partial charge in [0.2, 0.25) is 0 Å². The summed E-state index contributed by atoms with van der Waals surface area (Å²) in [4.78, 5) is 25.0. The molecule has 2 aromatic carbocycles. The Kier molecular flexibility index (Phi) is 7.17. The third-order valence-electron chi connectivity index (χ3n) is 4.42. The summed E-state index contributed by atoms with van der Waals surface area (Å²) in [5.41, 5.74) is 2.51. The molecule has 0 unspecified atom stereocenters. The summed E-state index contributed by atoms with van der Waals surface area (Å²) in [6, 6.07) is 18.4. The van der Waals surface area contributed by atoms with E-state index in [-0.39, 0.29) is 0 Å². The van der Waals surface area contributed by atoms with E-state index in [2.05, 4.69) is 4.74 Å². The Morgan fingerprint density at radius 1 is 1.00 bits per heavy atom. The monoisotopic (exact) mass is 422 g/mol. The Balaban J connectivity index is 0.000000589. The number of fused-ring (bicyclic) bond motifs is 1. The van der Waals surface area contributed by atoms with Crippen LogP contribution < -0.4 is 10.4 Å². The van der Waals surface area contributed by atoms with Gasteiger partial charge in [-0.25, -0.2) is 4.79 Å². The van der Waals surface area contributed by atoms with Crippen LogP contribution in [-0.2, 0) is 4.74 Å². The highest BCUT2D eigenvalue weighted by atomic mass is 32.1. The number of carbonyl (C=O) groups is 1. The van der Waals surface area contributed by atoms with Crippen LogP contribution >= 0.6 is 11.3 Å². The molecule has 0 aliphatic rings. The standard InChI is InChI=1S/C21H14O4S.C3H8O/c1-24-15-5-6-16-17(11-21(23)25-18(16)10-15)20-8-7-19(26-20)14-4-2-3-13(9-14)12-22;1-3-4-2/h2-12H,1H3;3H2,1-2H3. The van der Waals surface area contributed by atoms with Crippen LogP contribution in [0.5, 0.6) is 5.75 Å². The van der Waals surface area contributed by atoms with Gasteiger partial charge in [-0.05, 0) is 42.8 Å². The molecule has 0 N–H and O–H groups in total. The summed E-state index contributed by atoms with van der Waals surface area (Å²) in [6.07, 6.45) is 0.835. The van der Waals surface area contributed by atoms with Crippen LogP contribution in [0.4, 0.5) is 0 Å². The van der Waals surface area contributed by atoms with Crippen LogP contribution in [0.2, 0.25) is 0 Å².